The highest BCUT2D eigenvalue weighted by molar-refractivity contribution is 5.78. The molecule has 1 fully saturated rings. The maximum absolute atomic E-state index is 12.6. The quantitative estimate of drug-likeness (QED) is 0.847. The van der Waals surface area contributed by atoms with Gasteiger partial charge in [-0.05, 0) is 32.2 Å². The van der Waals surface area contributed by atoms with Crippen LogP contribution in [0.1, 0.15) is 32.1 Å². The summed E-state index contributed by atoms with van der Waals surface area (Å²) in [5, 5.41) is 0. The molecule has 0 radical (unpaired) electrons. The number of amides is 1. The summed E-state index contributed by atoms with van der Waals surface area (Å²) in [7, 11) is 1.63. The van der Waals surface area contributed by atoms with E-state index in [9.17, 15) is 18.0 Å². The van der Waals surface area contributed by atoms with Gasteiger partial charge in [0.15, 0.2) is 0 Å². The number of carbonyl (C=O) groups excluding carboxylic acids is 1. The molecule has 1 amide bonds. The summed E-state index contributed by atoms with van der Waals surface area (Å²) in [5.41, 5.74) is 5.35. The van der Waals surface area contributed by atoms with Gasteiger partial charge in [0.1, 0.15) is 0 Å². The van der Waals surface area contributed by atoms with Crippen molar-refractivity contribution in [3.8, 4) is 0 Å². The summed E-state index contributed by atoms with van der Waals surface area (Å²) in [5.74, 6) is -1.96. The monoisotopic (exact) mass is 266 g/mol. The van der Waals surface area contributed by atoms with Gasteiger partial charge >= 0.3 is 6.18 Å². The number of hydrogen-bond acceptors (Lipinski definition) is 2. The third kappa shape index (κ3) is 4.15. The molecule has 0 aromatic carbocycles. The van der Waals surface area contributed by atoms with E-state index in [0.29, 0.717) is 32.4 Å². The number of nitrogens with zero attached hydrogens (tertiary/aromatic N) is 1. The maximum Gasteiger partial charge on any atom is 0.391 e. The van der Waals surface area contributed by atoms with Gasteiger partial charge in [-0.15, -0.1) is 0 Å². The Bertz CT molecular complexity index is 281. The summed E-state index contributed by atoms with van der Waals surface area (Å²) < 4.78 is 37.9. The molecule has 0 spiro atoms. The zero-order chi connectivity index (χ0) is 13.8. The highest BCUT2D eigenvalue weighted by Gasteiger charge is 2.43. The van der Waals surface area contributed by atoms with E-state index in [0.717, 1.165) is 0 Å². The summed E-state index contributed by atoms with van der Waals surface area (Å²) in [6.07, 6.45) is -2.36. The Labute approximate surface area is 106 Å². The van der Waals surface area contributed by atoms with Gasteiger partial charge in [0.25, 0.3) is 0 Å². The average Bonchev–Trinajstić information content (AvgIpc) is 2.34. The molecule has 18 heavy (non-hydrogen) atoms. The molecule has 106 valence electrons. The van der Waals surface area contributed by atoms with Crippen molar-refractivity contribution in [1.29, 1.82) is 0 Å². The van der Waals surface area contributed by atoms with Crippen LogP contribution in [0.25, 0.3) is 0 Å². The van der Waals surface area contributed by atoms with Crippen molar-refractivity contribution in [2.75, 3.05) is 20.1 Å². The van der Waals surface area contributed by atoms with Crippen LogP contribution in [0.2, 0.25) is 0 Å². The summed E-state index contributed by atoms with van der Waals surface area (Å²) in [6.45, 7) is 0.996. The van der Waals surface area contributed by atoms with Gasteiger partial charge in [0, 0.05) is 19.5 Å². The number of halogens is 3. The molecule has 2 N–H and O–H groups in total. The fourth-order valence-corrected chi connectivity index (χ4v) is 2.46. The molecule has 6 heteroatoms. The van der Waals surface area contributed by atoms with E-state index in [-0.39, 0.29) is 18.7 Å². The lowest BCUT2D eigenvalue weighted by molar-refractivity contribution is -0.187. The second-order valence-corrected chi connectivity index (χ2v) is 5.00. The lowest BCUT2D eigenvalue weighted by Crippen LogP contribution is -2.39. The predicted molar refractivity (Wildman–Crippen MR) is 62.8 cm³/mol. The minimum Gasteiger partial charge on any atom is -0.345 e. The Morgan fingerprint density at radius 1 is 1.39 bits per heavy atom. The molecular formula is C12H21F3N2O. The average molecular weight is 266 g/mol. The van der Waals surface area contributed by atoms with E-state index < -0.39 is 18.0 Å². The first kappa shape index (κ1) is 15.3. The van der Waals surface area contributed by atoms with Crippen molar-refractivity contribution in [3.05, 3.63) is 0 Å². The van der Waals surface area contributed by atoms with Crippen LogP contribution < -0.4 is 5.73 Å². The Hall–Kier alpha value is -0.780. The van der Waals surface area contributed by atoms with Crippen molar-refractivity contribution in [2.45, 2.75) is 38.3 Å². The van der Waals surface area contributed by atoms with E-state index in [2.05, 4.69) is 0 Å². The maximum atomic E-state index is 12.6. The minimum atomic E-state index is -4.17. The Balaban J connectivity index is 2.53. The molecule has 0 aromatic heterocycles. The van der Waals surface area contributed by atoms with Crippen molar-refractivity contribution < 1.29 is 18.0 Å². The van der Waals surface area contributed by atoms with E-state index in [1.54, 1.807) is 7.05 Å². The Morgan fingerprint density at radius 2 is 2.06 bits per heavy atom. The molecule has 0 aromatic rings. The van der Waals surface area contributed by atoms with Gasteiger partial charge in [-0.2, -0.15) is 13.2 Å². The fraction of sp³-hybridized carbons (Fsp3) is 0.917. The van der Waals surface area contributed by atoms with Gasteiger partial charge in [-0.1, -0.05) is 6.42 Å². The topological polar surface area (TPSA) is 46.3 Å². The molecule has 0 saturated heterocycles. The van der Waals surface area contributed by atoms with E-state index in [1.165, 1.54) is 4.90 Å². The number of nitrogens with two attached hydrogens (primary N) is 1. The van der Waals surface area contributed by atoms with Crippen LogP contribution in [0.15, 0.2) is 0 Å². The van der Waals surface area contributed by atoms with Crippen LogP contribution in [-0.4, -0.2) is 37.1 Å². The highest BCUT2D eigenvalue weighted by Crippen LogP contribution is 2.40. The van der Waals surface area contributed by atoms with Crippen molar-refractivity contribution in [2.24, 2.45) is 17.6 Å². The van der Waals surface area contributed by atoms with E-state index in [4.69, 9.17) is 5.73 Å². The summed E-state index contributed by atoms with van der Waals surface area (Å²) in [6, 6.07) is 0. The second kappa shape index (κ2) is 6.41. The second-order valence-electron chi connectivity index (χ2n) is 5.00. The molecule has 0 aliphatic heterocycles. The zero-order valence-corrected chi connectivity index (χ0v) is 10.7. The van der Waals surface area contributed by atoms with E-state index >= 15 is 0 Å². The Kier molecular flexibility index (Phi) is 5.44. The zero-order valence-electron chi connectivity index (χ0n) is 10.7. The largest absolute Gasteiger partial charge is 0.391 e. The predicted octanol–water partition coefficient (Wildman–Crippen LogP) is 2.16. The first-order valence-corrected chi connectivity index (χ1v) is 6.38. The lowest BCUT2D eigenvalue weighted by Gasteiger charge is -2.32. The molecule has 0 bridgehead atoms. The van der Waals surface area contributed by atoms with Crippen molar-refractivity contribution in [3.63, 3.8) is 0 Å². The molecule has 1 saturated carbocycles. The third-order valence-corrected chi connectivity index (χ3v) is 3.56. The summed E-state index contributed by atoms with van der Waals surface area (Å²) in [4.78, 5) is 13.5. The van der Waals surface area contributed by atoms with Crippen molar-refractivity contribution >= 4 is 5.91 Å². The highest BCUT2D eigenvalue weighted by atomic mass is 19.4. The van der Waals surface area contributed by atoms with E-state index in [1.807, 2.05) is 0 Å². The first-order valence-electron chi connectivity index (χ1n) is 6.38. The van der Waals surface area contributed by atoms with Crippen molar-refractivity contribution in [1.82, 2.24) is 4.90 Å². The van der Waals surface area contributed by atoms with Crippen LogP contribution in [0.4, 0.5) is 13.2 Å². The Morgan fingerprint density at radius 3 is 2.61 bits per heavy atom. The lowest BCUT2D eigenvalue weighted by atomic mass is 9.80. The van der Waals surface area contributed by atoms with Gasteiger partial charge in [0.2, 0.25) is 5.91 Å². The fourth-order valence-electron chi connectivity index (χ4n) is 2.46. The normalized spacial score (nSPS) is 24.9. The standard InChI is InChI=1S/C12H21F3N2O/c1-17(7-3-6-16)11(18)9-4-2-5-10(8-9)12(13,14)15/h9-10H,2-8,16H2,1H3. The van der Waals surface area contributed by atoms with Gasteiger partial charge in [0.05, 0.1) is 5.92 Å². The van der Waals surface area contributed by atoms with Crippen LogP contribution >= 0.6 is 0 Å². The van der Waals surface area contributed by atoms with Gasteiger partial charge < -0.3 is 10.6 Å². The van der Waals surface area contributed by atoms with Gasteiger partial charge in [-0.3, -0.25) is 4.79 Å². The third-order valence-electron chi connectivity index (χ3n) is 3.56. The number of hydrogen-bond donors (Lipinski definition) is 1. The van der Waals surface area contributed by atoms with Crippen LogP contribution in [0.3, 0.4) is 0 Å². The van der Waals surface area contributed by atoms with Crippen LogP contribution in [0.5, 0.6) is 0 Å². The summed E-state index contributed by atoms with van der Waals surface area (Å²) >= 11 is 0. The molecule has 2 atom stereocenters. The molecule has 1 rings (SSSR count). The smallest absolute Gasteiger partial charge is 0.345 e. The molecule has 2 unspecified atom stereocenters. The van der Waals surface area contributed by atoms with Gasteiger partial charge in [-0.25, -0.2) is 0 Å². The number of rotatable bonds is 4. The SMILES string of the molecule is CN(CCCN)C(=O)C1CCCC(C(F)(F)F)C1. The molecule has 1 aliphatic carbocycles. The molecule has 1 aliphatic rings. The minimum absolute atomic E-state index is 0.0602. The number of carbonyl (C=O) groups is 1. The van der Waals surface area contributed by atoms with Crippen LogP contribution in [-0.2, 0) is 4.79 Å². The van der Waals surface area contributed by atoms with Crippen LogP contribution in [0, 0.1) is 11.8 Å². The molecule has 0 heterocycles. The molecule has 3 nitrogen and oxygen atoms in total. The first-order chi connectivity index (χ1) is 8.36. The molecular weight excluding hydrogens is 245 g/mol. The number of alkyl halides is 3.